The predicted molar refractivity (Wildman–Crippen MR) is 86.8 cm³/mol. The summed E-state index contributed by atoms with van der Waals surface area (Å²) in [5.41, 5.74) is 0.652. The first kappa shape index (κ1) is 16.6. The third-order valence-electron chi connectivity index (χ3n) is 4.12. The normalized spacial score (nSPS) is 15.7. The van der Waals surface area contributed by atoms with Gasteiger partial charge in [-0.15, -0.1) is 0 Å². The zero-order chi connectivity index (χ0) is 15.9. The quantitative estimate of drug-likeness (QED) is 0.808. The Kier molecular flexibility index (Phi) is 6.07. The van der Waals surface area contributed by atoms with Gasteiger partial charge in [0, 0.05) is 31.7 Å². The van der Waals surface area contributed by atoms with E-state index >= 15 is 0 Å². The minimum atomic E-state index is 0.0658. The van der Waals surface area contributed by atoms with Crippen LogP contribution >= 0.6 is 0 Å². The number of rotatable bonds is 6. The lowest BCUT2D eigenvalue weighted by Gasteiger charge is -2.34. The van der Waals surface area contributed by atoms with E-state index in [4.69, 9.17) is 9.47 Å². The molecule has 5 heteroatoms. The number of ether oxygens (including phenoxy) is 2. The summed E-state index contributed by atoms with van der Waals surface area (Å²) in [5.74, 6) is 1.30. The number of piperazine rings is 1. The van der Waals surface area contributed by atoms with Crippen LogP contribution < -0.4 is 9.47 Å². The van der Waals surface area contributed by atoms with Crippen molar-refractivity contribution in [3.63, 3.8) is 0 Å². The third kappa shape index (κ3) is 3.91. The van der Waals surface area contributed by atoms with Crippen molar-refractivity contribution in [3.8, 4) is 11.5 Å². The predicted octanol–water partition coefficient (Wildman–Crippen LogP) is 2.26. The van der Waals surface area contributed by atoms with Gasteiger partial charge in [0.25, 0.3) is 5.91 Å². The minimum Gasteiger partial charge on any atom is -0.493 e. The van der Waals surface area contributed by atoms with Crippen LogP contribution in [0.25, 0.3) is 0 Å². The number of methoxy groups -OCH3 is 2. The fraction of sp³-hybridized carbons (Fsp3) is 0.588. The van der Waals surface area contributed by atoms with Gasteiger partial charge in [0.2, 0.25) is 0 Å². The Morgan fingerprint density at radius 1 is 1.09 bits per heavy atom. The van der Waals surface area contributed by atoms with Crippen LogP contribution in [0.2, 0.25) is 0 Å². The summed E-state index contributed by atoms with van der Waals surface area (Å²) in [6.45, 7) is 6.83. The molecule has 0 unspecified atom stereocenters. The molecule has 1 amide bonds. The van der Waals surface area contributed by atoms with E-state index in [-0.39, 0.29) is 5.91 Å². The van der Waals surface area contributed by atoms with Gasteiger partial charge in [0.15, 0.2) is 11.5 Å². The number of hydrogen-bond acceptors (Lipinski definition) is 4. The van der Waals surface area contributed by atoms with Crippen molar-refractivity contribution in [2.24, 2.45) is 0 Å². The highest BCUT2D eigenvalue weighted by atomic mass is 16.5. The number of hydrogen-bond donors (Lipinski definition) is 0. The van der Waals surface area contributed by atoms with E-state index in [1.807, 2.05) is 4.90 Å². The van der Waals surface area contributed by atoms with Crippen LogP contribution in [0.1, 0.15) is 30.1 Å². The van der Waals surface area contributed by atoms with Crippen molar-refractivity contribution < 1.29 is 14.3 Å². The topological polar surface area (TPSA) is 42.0 Å². The van der Waals surface area contributed by atoms with E-state index in [1.54, 1.807) is 32.4 Å². The molecule has 1 fully saturated rings. The molecule has 22 heavy (non-hydrogen) atoms. The summed E-state index contributed by atoms with van der Waals surface area (Å²) < 4.78 is 10.5. The molecule has 0 spiro atoms. The molecule has 0 bridgehead atoms. The Morgan fingerprint density at radius 2 is 1.77 bits per heavy atom. The largest absolute Gasteiger partial charge is 0.493 e. The van der Waals surface area contributed by atoms with Crippen LogP contribution in [0.15, 0.2) is 18.2 Å². The highest BCUT2D eigenvalue weighted by Gasteiger charge is 2.22. The summed E-state index contributed by atoms with van der Waals surface area (Å²) in [4.78, 5) is 17.0. The first-order valence-electron chi connectivity index (χ1n) is 7.93. The molecule has 0 N–H and O–H groups in total. The van der Waals surface area contributed by atoms with E-state index in [0.29, 0.717) is 17.1 Å². The number of benzene rings is 1. The Hall–Kier alpha value is -1.75. The molecule has 0 aliphatic carbocycles. The Balaban J connectivity index is 1.98. The summed E-state index contributed by atoms with van der Waals surface area (Å²) in [5, 5.41) is 0. The van der Waals surface area contributed by atoms with Crippen molar-refractivity contribution in [2.45, 2.75) is 19.8 Å². The van der Waals surface area contributed by atoms with Gasteiger partial charge in [-0.3, -0.25) is 9.69 Å². The van der Waals surface area contributed by atoms with Crippen molar-refractivity contribution in [1.29, 1.82) is 0 Å². The Bertz CT molecular complexity index is 497. The molecule has 1 saturated heterocycles. The molecular weight excluding hydrogens is 280 g/mol. The van der Waals surface area contributed by atoms with Gasteiger partial charge in [-0.05, 0) is 31.2 Å². The lowest BCUT2D eigenvalue weighted by atomic mass is 10.1. The molecule has 122 valence electrons. The molecule has 1 aromatic rings. The lowest BCUT2D eigenvalue weighted by Crippen LogP contribution is -2.48. The smallest absolute Gasteiger partial charge is 0.254 e. The second-order valence-electron chi connectivity index (χ2n) is 5.56. The van der Waals surface area contributed by atoms with E-state index in [1.165, 1.54) is 12.8 Å². The van der Waals surface area contributed by atoms with E-state index < -0.39 is 0 Å². The van der Waals surface area contributed by atoms with Crippen molar-refractivity contribution in [3.05, 3.63) is 23.8 Å². The third-order valence-corrected chi connectivity index (χ3v) is 4.12. The van der Waals surface area contributed by atoms with Crippen LogP contribution in [0, 0.1) is 0 Å². The van der Waals surface area contributed by atoms with Gasteiger partial charge >= 0.3 is 0 Å². The average molecular weight is 306 g/mol. The van der Waals surface area contributed by atoms with E-state index in [9.17, 15) is 4.79 Å². The standard InChI is InChI=1S/C17H26N2O3/c1-4-5-8-18-9-11-19(12-10-18)17(20)14-6-7-15(21-2)16(13-14)22-3/h6-7,13H,4-5,8-12H2,1-3H3. The maximum atomic E-state index is 12.6. The van der Waals surface area contributed by atoms with Gasteiger partial charge in [-0.1, -0.05) is 13.3 Å². The van der Waals surface area contributed by atoms with Crippen LogP contribution in [-0.4, -0.2) is 62.7 Å². The monoisotopic (exact) mass is 306 g/mol. The Morgan fingerprint density at radius 3 is 2.36 bits per heavy atom. The molecule has 1 aromatic carbocycles. The summed E-state index contributed by atoms with van der Waals surface area (Å²) >= 11 is 0. The molecule has 1 aliphatic heterocycles. The second kappa shape index (κ2) is 8.03. The molecule has 1 aliphatic rings. The minimum absolute atomic E-state index is 0.0658. The fourth-order valence-corrected chi connectivity index (χ4v) is 2.71. The van der Waals surface area contributed by atoms with Crippen LogP contribution in [0.5, 0.6) is 11.5 Å². The Labute approximate surface area is 132 Å². The first-order valence-corrected chi connectivity index (χ1v) is 7.93. The van der Waals surface area contributed by atoms with Crippen LogP contribution in [-0.2, 0) is 0 Å². The number of carbonyl (C=O) groups is 1. The van der Waals surface area contributed by atoms with E-state index in [0.717, 1.165) is 32.7 Å². The van der Waals surface area contributed by atoms with Gasteiger partial charge < -0.3 is 14.4 Å². The number of unbranched alkanes of at least 4 members (excludes halogenated alkanes) is 1. The fourth-order valence-electron chi connectivity index (χ4n) is 2.71. The highest BCUT2D eigenvalue weighted by molar-refractivity contribution is 5.95. The summed E-state index contributed by atoms with van der Waals surface area (Å²) in [7, 11) is 3.17. The SMILES string of the molecule is CCCCN1CCN(C(=O)c2ccc(OC)c(OC)c2)CC1. The van der Waals surface area contributed by atoms with E-state index in [2.05, 4.69) is 11.8 Å². The molecule has 0 atom stereocenters. The second-order valence-corrected chi connectivity index (χ2v) is 5.56. The molecule has 0 aromatic heterocycles. The first-order chi connectivity index (χ1) is 10.7. The van der Waals surface area contributed by atoms with Crippen molar-refractivity contribution in [1.82, 2.24) is 9.80 Å². The van der Waals surface area contributed by atoms with Crippen LogP contribution in [0.3, 0.4) is 0 Å². The van der Waals surface area contributed by atoms with Gasteiger partial charge in [-0.25, -0.2) is 0 Å². The molecule has 1 heterocycles. The maximum absolute atomic E-state index is 12.6. The van der Waals surface area contributed by atoms with Crippen LogP contribution in [0.4, 0.5) is 0 Å². The lowest BCUT2D eigenvalue weighted by molar-refractivity contribution is 0.0635. The number of amides is 1. The highest BCUT2D eigenvalue weighted by Crippen LogP contribution is 2.28. The average Bonchev–Trinajstić information content (AvgIpc) is 2.59. The van der Waals surface area contributed by atoms with Crippen molar-refractivity contribution in [2.75, 3.05) is 46.9 Å². The molecule has 0 saturated carbocycles. The number of carbonyl (C=O) groups excluding carboxylic acids is 1. The zero-order valence-corrected chi connectivity index (χ0v) is 13.8. The summed E-state index contributed by atoms with van der Waals surface area (Å²) in [6, 6.07) is 5.33. The molecule has 0 radical (unpaired) electrons. The van der Waals surface area contributed by atoms with Gasteiger partial charge in [-0.2, -0.15) is 0 Å². The van der Waals surface area contributed by atoms with Gasteiger partial charge in [0.1, 0.15) is 0 Å². The number of nitrogens with zero attached hydrogens (tertiary/aromatic N) is 2. The molecule has 5 nitrogen and oxygen atoms in total. The maximum Gasteiger partial charge on any atom is 0.254 e. The van der Waals surface area contributed by atoms with Gasteiger partial charge in [0.05, 0.1) is 14.2 Å². The summed E-state index contributed by atoms with van der Waals surface area (Å²) in [6.07, 6.45) is 2.44. The molecular formula is C17H26N2O3. The van der Waals surface area contributed by atoms with Crippen molar-refractivity contribution >= 4 is 5.91 Å². The molecule has 2 rings (SSSR count). The zero-order valence-electron chi connectivity index (χ0n) is 13.8.